The summed E-state index contributed by atoms with van der Waals surface area (Å²) in [5.41, 5.74) is 0.169. The SMILES string of the molecule is O=C(c1ccc(Br)cc1F)N1CCCC(CCBr)C1. The standard InChI is InChI=1S/C14H16Br2FNO/c15-6-5-10-2-1-7-18(9-10)14(19)12-4-3-11(16)8-13(12)17/h3-4,8,10H,1-2,5-7,9H2. The third-order valence-corrected chi connectivity index (χ3v) is 4.44. The van der Waals surface area contributed by atoms with E-state index in [2.05, 4.69) is 31.9 Å². The van der Waals surface area contributed by atoms with Crippen LogP contribution in [0.25, 0.3) is 0 Å². The molecule has 1 fully saturated rings. The minimum absolute atomic E-state index is 0.169. The van der Waals surface area contributed by atoms with Crippen molar-refractivity contribution in [1.82, 2.24) is 4.90 Å². The van der Waals surface area contributed by atoms with Gasteiger partial charge in [-0.1, -0.05) is 31.9 Å². The third kappa shape index (κ3) is 3.78. The van der Waals surface area contributed by atoms with Gasteiger partial charge in [-0.2, -0.15) is 0 Å². The summed E-state index contributed by atoms with van der Waals surface area (Å²) >= 11 is 6.64. The molecule has 0 spiro atoms. The van der Waals surface area contributed by atoms with Crippen LogP contribution in [0.2, 0.25) is 0 Å². The highest BCUT2D eigenvalue weighted by Crippen LogP contribution is 2.23. The number of likely N-dealkylation sites (tertiary alicyclic amines) is 1. The number of carbonyl (C=O) groups is 1. The van der Waals surface area contributed by atoms with Gasteiger partial charge in [0.15, 0.2) is 0 Å². The molecule has 1 atom stereocenters. The molecule has 0 saturated carbocycles. The minimum Gasteiger partial charge on any atom is -0.338 e. The molecular formula is C14H16Br2FNO. The normalized spacial score (nSPS) is 19.5. The van der Waals surface area contributed by atoms with E-state index in [0.29, 0.717) is 10.4 Å². The van der Waals surface area contributed by atoms with Gasteiger partial charge in [-0.05, 0) is 43.4 Å². The highest BCUT2D eigenvalue weighted by atomic mass is 79.9. The number of piperidine rings is 1. The topological polar surface area (TPSA) is 20.3 Å². The lowest BCUT2D eigenvalue weighted by molar-refractivity contribution is 0.0667. The summed E-state index contributed by atoms with van der Waals surface area (Å²) in [4.78, 5) is 14.1. The van der Waals surface area contributed by atoms with Gasteiger partial charge in [0.1, 0.15) is 5.82 Å². The molecular weight excluding hydrogens is 377 g/mol. The van der Waals surface area contributed by atoms with Crippen molar-refractivity contribution in [3.63, 3.8) is 0 Å². The fourth-order valence-corrected chi connectivity index (χ4v) is 3.45. The molecule has 5 heteroatoms. The van der Waals surface area contributed by atoms with Gasteiger partial charge in [-0.3, -0.25) is 4.79 Å². The summed E-state index contributed by atoms with van der Waals surface area (Å²) in [5, 5.41) is 0.951. The summed E-state index contributed by atoms with van der Waals surface area (Å²) in [7, 11) is 0. The van der Waals surface area contributed by atoms with Gasteiger partial charge in [-0.25, -0.2) is 4.39 Å². The summed E-state index contributed by atoms with van der Waals surface area (Å²) in [5.74, 6) is -0.123. The molecule has 2 nitrogen and oxygen atoms in total. The van der Waals surface area contributed by atoms with Crippen molar-refractivity contribution in [3.05, 3.63) is 34.1 Å². The lowest BCUT2D eigenvalue weighted by atomic mass is 9.95. The number of halogens is 3. The van der Waals surface area contributed by atoms with Gasteiger partial charge in [-0.15, -0.1) is 0 Å². The van der Waals surface area contributed by atoms with E-state index >= 15 is 0 Å². The number of carbonyl (C=O) groups excluding carboxylic acids is 1. The van der Waals surface area contributed by atoms with Gasteiger partial charge in [0.05, 0.1) is 5.56 Å². The second kappa shape index (κ2) is 6.84. The fraction of sp³-hybridized carbons (Fsp3) is 0.500. The van der Waals surface area contributed by atoms with Crippen LogP contribution in [0, 0.1) is 11.7 Å². The Balaban J connectivity index is 2.10. The molecule has 1 unspecified atom stereocenters. The predicted octanol–water partition coefficient (Wildman–Crippen LogP) is 4.23. The monoisotopic (exact) mass is 391 g/mol. The number of amides is 1. The highest BCUT2D eigenvalue weighted by Gasteiger charge is 2.25. The Kier molecular flexibility index (Phi) is 5.39. The maximum absolute atomic E-state index is 13.8. The Bertz CT molecular complexity index is 465. The van der Waals surface area contributed by atoms with Crippen molar-refractivity contribution >= 4 is 37.8 Å². The summed E-state index contributed by atoms with van der Waals surface area (Å²) in [6, 6.07) is 4.60. The zero-order chi connectivity index (χ0) is 13.8. The first-order valence-electron chi connectivity index (χ1n) is 6.42. The Hall–Kier alpha value is -0.420. The molecule has 1 heterocycles. The van der Waals surface area contributed by atoms with Crippen molar-refractivity contribution in [2.75, 3.05) is 18.4 Å². The van der Waals surface area contributed by atoms with E-state index in [1.165, 1.54) is 6.07 Å². The molecule has 1 aromatic carbocycles. The minimum atomic E-state index is -0.456. The van der Waals surface area contributed by atoms with Gasteiger partial charge in [0, 0.05) is 22.9 Å². The van der Waals surface area contributed by atoms with Crippen molar-refractivity contribution in [1.29, 1.82) is 0 Å². The maximum atomic E-state index is 13.8. The van der Waals surface area contributed by atoms with E-state index < -0.39 is 5.82 Å². The number of alkyl halides is 1. The molecule has 1 saturated heterocycles. The van der Waals surface area contributed by atoms with Crippen LogP contribution in [-0.4, -0.2) is 29.2 Å². The molecule has 2 rings (SSSR count). The Morgan fingerprint density at radius 3 is 2.95 bits per heavy atom. The molecule has 19 heavy (non-hydrogen) atoms. The average Bonchev–Trinajstić information content (AvgIpc) is 2.39. The highest BCUT2D eigenvalue weighted by molar-refractivity contribution is 9.10. The molecule has 104 valence electrons. The predicted molar refractivity (Wildman–Crippen MR) is 81.1 cm³/mol. The molecule has 1 amide bonds. The van der Waals surface area contributed by atoms with Crippen LogP contribution in [0.15, 0.2) is 22.7 Å². The van der Waals surface area contributed by atoms with E-state index in [4.69, 9.17) is 0 Å². The molecule has 1 aromatic rings. The zero-order valence-electron chi connectivity index (χ0n) is 10.5. The Morgan fingerprint density at radius 2 is 2.26 bits per heavy atom. The summed E-state index contributed by atoms with van der Waals surface area (Å²) in [6.07, 6.45) is 3.21. The quantitative estimate of drug-likeness (QED) is 0.705. The zero-order valence-corrected chi connectivity index (χ0v) is 13.7. The molecule has 0 bridgehead atoms. The van der Waals surface area contributed by atoms with Gasteiger partial charge in [0.25, 0.3) is 5.91 Å². The van der Waals surface area contributed by atoms with E-state index in [-0.39, 0.29) is 11.5 Å². The second-order valence-corrected chi connectivity index (χ2v) is 6.57. The number of hydrogen-bond donors (Lipinski definition) is 0. The van der Waals surface area contributed by atoms with Crippen LogP contribution in [-0.2, 0) is 0 Å². The molecule has 0 N–H and O–H groups in total. The fourth-order valence-electron chi connectivity index (χ4n) is 2.47. The van der Waals surface area contributed by atoms with Crippen LogP contribution in [0.3, 0.4) is 0 Å². The summed E-state index contributed by atoms with van der Waals surface area (Å²) < 4.78 is 14.5. The number of hydrogen-bond acceptors (Lipinski definition) is 1. The number of nitrogens with zero attached hydrogens (tertiary/aromatic N) is 1. The lowest BCUT2D eigenvalue weighted by Gasteiger charge is -2.32. The number of benzene rings is 1. The van der Waals surface area contributed by atoms with Gasteiger partial charge in [0.2, 0.25) is 0 Å². The van der Waals surface area contributed by atoms with Gasteiger partial charge >= 0.3 is 0 Å². The molecule has 0 radical (unpaired) electrons. The summed E-state index contributed by atoms with van der Waals surface area (Å²) in [6.45, 7) is 1.47. The van der Waals surface area contributed by atoms with Gasteiger partial charge < -0.3 is 4.90 Å². The van der Waals surface area contributed by atoms with Crippen molar-refractivity contribution in [2.24, 2.45) is 5.92 Å². The molecule has 1 aliphatic rings. The van der Waals surface area contributed by atoms with Crippen molar-refractivity contribution in [2.45, 2.75) is 19.3 Å². The smallest absolute Gasteiger partial charge is 0.256 e. The second-order valence-electron chi connectivity index (χ2n) is 4.86. The Labute approximate surface area is 129 Å². The van der Waals surface area contributed by atoms with E-state index in [9.17, 15) is 9.18 Å². The maximum Gasteiger partial charge on any atom is 0.256 e. The van der Waals surface area contributed by atoms with E-state index in [1.54, 1.807) is 17.0 Å². The first kappa shape index (κ1) is 15.0. The van der Waals surface area contributed by atoms with Crippen molar-refractivity contribution in [3.8, 4) is 0 Å². The van der Waals surface area contributed by atoms with Crippen LogP contribution in [0.5, 0.6) is 0 Å². The first-order chi connectivity index (χ1) is 9.11. The average molecular weight is 393 g/mol. The largest absolute Gasteiger partial charge is 0.338 e. The molecule has 1 aliphatic heterocycles. The van der Waals surface area contributed by atoms with Crippen LogP contribution < -0.4 is 0 Å². The van der Waals surface area contributed by atoms with E-state index in [0.717, 1.165) is 37.7 Å². The molecule has 0 aromatic heterocycles. The Morgan fingerprint density at radius 1 is 1.47 bits per heavy atom. The number of rotatable bonds is 3. The molecule has 0 aliphatic carbocycles. The third-order valence-electron chi connectivity index (χ3n) is 3.49. The van der Waals surface area contributed by atoms with E-state index in [1.807, 2.05) is 0 Å². The lowest BCUT2D eigenvalue weighted by Crippen LogP contribution is -2.40. The van der Waals surface area contributed by atoms with Crippen LogP contribution >= 0.6 is 31.9 Å². The van der Waals surface area contributed by atoms with Crippen LogP contribution in [0.4, 0.5) is 4.39 Å². The first-order valence-corrected chi connectivity index (χ1v) is 8.33. The van der Waals surface area contributed by atoms with Crippen LogP contribution in [0.1, 0.15) is 29.6 Å². The van der Waals surface area contributed by atoms with Crippen molar-refractivity contribution < 1.29 is 9.18 Å².